The number of pyridine rings is 1. The number of nitrogens with zero attached hydrogens (tertiary/aromatic N) is 4. The zero-order valence-corrected chi connectivity index (χ0v) is 14.9. The van der Waals surface area contributed by atoms with Crippen LogP contribution in [0.3, 0.4) is 0 Å². The largest absolute Gasteiger partial charge is 0.356 e. The summed E-state index contributed by atoms with van der Waals surface area (Å²) in [6, 6.07) is 2.19. The summed E-state index contributed by atoms with van der Waals surface area (Å²) in [6.45, 7) is 1.76. The van der Waals surface area contributed by atoms with Gasteiger partial charge in [0.15, 0.2) is 0 Å². The van der Waals surface area contributed by atoms with Gasteiger partial charge in [-0.25, -0.2) is 9.78 Å². The van der Waals surface area contributed by atoms with Gasteiger partial charge in [0.25, 0.3) is 0 Å². The molecule has 1 aliphatic rings. The van der Waals surface area contributed by atoms with E-state index >= 15 is 0 Å². The summed E-state index contributed by atoms with van der Waals surface area (Å²) in [5.74, 6) is 0.916. The minimum absolute atomic E-state index is 0.0549. The van der Waals surface area contributed by atoms with Gasteiger partial charge in [0.05, 0.1) is 9.50 Å². The van der Waals surface area contributed by atoms with Crippen molar-refractivity contribution in [1.29, 1.82) is 0 Å². The number of piperidine rings is 1. The highest BCUT2D eigenvalue weighted by Crippen LogP contribution is 2.29. The molecular formula is C14H20BrClN4O. The molecule has 1 aromatic rings. The molecule has 0 aliphatic carbocycles. The van der Waals surface area contributed by atoms with Crippen LogP contribution in [0.5, 0.6) is 0 Å². The summed E-state index contributed by atoms with van der Waals surface area (Å²) in [5.41, 5.74) is 0. The highest BCUT2D eigenvalue weighted by atomic mass is 79.9. The summed E-state index contributed by atoms with van der Waals surface area (Å²) in [6.07, 6.45) is 3.54. The van der Waals surface area contributed by atoms with Crippen molar-refractivity contribution in [3.05, 3.63) is 21.8 Å². The smallest absolute Gasteiger partial charge is 0.319 e. The number of halogens is 2. The van der Waals surface area contributed by atoms with Crippen molar-refractivity contribution in [2.75, 3.05) is 39.1 Å². The number of carbonyl (C=O) groups is 1. The average molecular weight is 376 g/mol. The Balaban J connectivity index is 1.98. The molecule has 116 valence electrons. The summed E-state index contributed by atoms with van der Waals surface area (Å²) in [7, 11) is 5.44. The molecule has 0 bridgehead atoms. The molecule has 0 atom stereocenters. The standard InChI is InChI=1S/C14H20BrClN4O/c1-18(2)14(21)19(3)11-4-6-20(7-5-11)13-12(15)8-10(16)9-17-13/h8-9,11H,4-7H2,1-3H3. The van der Waals surface area contributed by atoms with E-state index in [4.69, 9.17) is 11.6 Å². The Bertz CT molecular complexity index is 518. The highest BCUT2D eigenvalue weighted by Gasteiger charge is 2.27. The average Bonchev–Trinajstić information content (AvgIpc) is 2.46. The maximum absolute atomic E-state index is 12.0. The van der Waals surface area contributed by atoms with Crippen LogP contribution in [-0.2, 0) is 0 Å². The number of hydrogen-bond donors (Lipinski definition) is 0. The molecule has 21 heavy (non-hydrogen) atoms. The molecule has 1 aromatic heterocycles. The summed E-state index contributed by atoms with van der Waals surface area (Å²) in [5, 5.41) is 0.622. The van der Waals surface area contributed by atoms with Gasteiger partial charge in [-0.15, -0.1) is 0 Å². The fourth-order valence-electron chi connectivity index (χ4n) is 2.58. The first-order valence-electron chi connectivity index (χ1n) is 6.90. The van der Waals surface area contributed by atoms with Crippen LogP contribution < -0.4 is 4.90 Å². The predicted molar refractivity (Wildman–Crippen MR) is 89.0 cm³/mol. The van der Waals surface area contributed by atoms with Crippen LogP contribution >= 0.6 is 27.5 Å². The molecule has 2 heterocycles. The molecule has 1 aliphatic heterocycles. The van der Waals surface area contributed by atoms with Gasteiger partial charge in [-0.1, -0.05) is 11.6 Å². The lowest BCUT2D eigenvalue weighted by molar-refractivity contribution is 0.155. The van der Waals surface area contributed by atoms with Gasteiger partial charge >= 0.3 is 6.03 Å². The highest BCUT2D eigenvalue weighted by molar-refractivity contribution is 9.10. The molecule has 0 radical (unpaired) electrons. The normalized spacial score (nSPS) is 16.0. The van der Waals surface area contributed by atoms with Crippen LogP contribution in [0.1, 0.15) is 12.8 Å². The van der Waals surface area contributed by atoms with Crippen molar-refractivity contribution < 1.29 is 4.79 Å². The molecule has 0 aromatic carbocycles. The fourth-order valence-corrected chi connectivity index (χ4v) is 3.47. The van der Waals surface area contributed by atoms with E-state index < -0.39 is 0 Å². The number of amides is 2. The number of anilines is 1. The molecule has 1 fully saturated rings. The maximum atomic E-state index is 12.0. The minimum atomic E-state index is 0.0549. The van der Waals surface area contributed by atoms with E-state index in [0.717, 1.165) is 36.2 Å². The molecule has 1 saturated heterocycles. The Labute approximate surface area is 139 Å². The Morgan fingerprint density at radius 1 is 1.38 bits per heavy atom. The zero-order chi connectivity index (χ0) is 15.6. The van der Waals surface area contributed by atoms with E-state index in [-0.39, 0.29) is 12.1 Å². The van der Waals surface area contributed by atoms with Crippen LogP contribution in [0.25, 0.3) is 0 Å². The van der Waals surface area contributed by atoms with Crippen LogP contribution in [-0.4, -0.2) is 61.1 Å². The molecular weight excluding hydrogens is 356 g/mol. The SMILES string of the molecule is CN(C)C(=O)N(C)C1CCN(c2ncc(Cl)cc2Br)CC1. The molecule has 2 amide bonds. The lowest BCUT2D eigenvalue weighted by Gasteiger charge is -2.38. The van der Waals surface area contributed by atoms with Crippen molar-refractivity contribution >= 4 is 39.4 Å². The second-order valence-electron chi connectivity index (χ2n) is 5.47. The number of hydrogen-bond acceptors (Lipinski definition) is 3. The minimum Gasteiger partial charge on any atom is -0.356 e. The van der Waals surface area contributed by atoms with Crippen molar-refractivity contribution in [2.24, 2.45) is 0 Å². The molecule has 0 spiro atoms. The predicted octanol–water partition coefficient (Wildman–Crippen LogP) is 3.08. The number of carbonyl (C=O) groups excluding carboxylic acids is 1. The third-order valence-corrected chi connectivity index (χ3v) is 4.57. The van der Waals surface area contributed by atoms with E-state index in [2.05, 4.69) is 25.8 Å². The van der Waals surface area contributed by atoms with Gasteiger partial charge in [-0.3, -0.25) is 0 Å². The van der Waals surface area contributed by atoms with Gasteiger partial charge in [0.1, 0.15) is 5.82 Å². The first-order chi connectivity index (χ1) is 9.90. The van der Waals surface area contributed by atoms with E-state index in [1.165, 1.54) is 0 Å². The van der Waals surface area contributed by atoms with Crippen molar-refractivity contribution in [3.63, 3.8) is 0 Å². The maximum Gasteiger partial charge on any atom is 0.319 e. The number of urea groups is 1. The summed E-state index contributed by atoms with van der Waals surface area (Å²) in [4.78, 5) is 22.1. The Kier molecular flexibility index (Phi) is 5.32. The van der Waals surface area contributed by atoms with Gasteiger partial charge in [-0.05, 0) is 34.8 Å². The summed E-state index contributed by atoms with van der Waals surface area (Å²) >= 11 is 9.43. The van der Waals surface area contributed by atoms with E-state index in [1.807, 2.05) is 18.0 Å². The zero-order valence-electron chi connectivity index (χ0n) is 12.5. The second kappa shape index (κ2) is 6.83. The van der Waals surface area contributed by atoms with E-state index in [9.17, 15) is 4.79 Å². The fraction of sp³-hybridized carbons (Fsp3) is 0.571. The van der Waals surface area contributed by atoms with E-state index in [0.29, 0.717) is 5.02 Å². The van der Waals surface area contributed by atoms with Crippen LogP contribution in [0.2, 0.25) is 5.02 Å². The lowest BCUT2D eigenvalue weighted by atomic mass is 10.0. The van der Waals surface area contributed by atoms with Crippen LogP contribution in [0, 0.1) is 0 Å². The molecule has 0 saturated carbocycles. The third-order valence-electron chi connectivity index (χ3n) is 3.78. The molecule has 0 unspecified atom stereocenters. The van der Waals surface area contributed by atoms with Crippen molar-refractivity contribution in [1.82, 2.24) is 14.8 Å². The Morgan fingerprint density at radius 2 is 2.00 bits per heavy atom. The summed E-state index contributed by atoms with van der Waals surface area (Å²) < 4.78 is 0.908. The quantitative estimate of drug-likeness (QED) is 0.797. The second-order valence-corrected chi connectivity index (χ2v) is 6.76. The van der Waals surface area contributed by atoms with Gasteiger partial charge in [0.2, 0.25) is 0 Å². The molecule has 7 heteroatoms. The Morgan fingerprint density at radius 3 is 2.52 bits per heavy atom. The monoisotopic (exact) mass is 374 g/mol. The van der Waals surface area contributed by atoms with E-state index in [1.54, 1.807) is 25.2 Å². The van der Waals surface area contributed by atoms with Crippen LogP contribution in [0.15, 0.2) is 16.7 Å². The molecule has 5 nitrogen and oxygen atoms in total. The topological polar surface area (TPSA) is 39.7 Å². The van der Waals surface area contributed by atoms with Gasteiger partial charge in [0, 0.05) is 46.5 Å². The van der Waals surface area contributed by atoms with Crippen LogP contribution in [0.4, 0.5) is 10.6 Å². The van der Waals surface area contributed by atoms with Crippen molar-refractivity contribution in [3.8, 4) is 0 Å². The number of rotatable bonds is 2. The van der Waals surface area contributed by atoms with Gasteiger partial charge < -0.3 is 14.7 Å². The van der Waals surface area contributed by atoms with Crippen molar-refractivity contribution in [2.45, 2.75) is 18.9 Å². The number of aromatic nitrogens is 1. The van der Waals surface area contributed by atoms with Gasteiger partial charge in [-0.2, -0.15) is 0 Å². The molecule has 2 rings (SSSR count). The first kappa shape index (κ1) is 16.4. The third kappa shape index (κ3) is 3.80. The Hall–Kier alpha value is -1.01. The molecule has 0 N–H and O–H groups in total. The lowest BCUT2D eigenvalue weighted by Crippen LogP contribution is -2.48. The first-order valence-corrected chi connectivity index (χ1v) is 8.07.